The van der Waals surface area contributed by atoms with Gasteiger partial charge in [-0.05, 0) is 25.3 Å². The first-order valence-electron chi connectivity index (χ1n) is 5.23. The van der Waals surface area contributed by atoms with E-state index < -0.39 is 0 Å². The molecule has 1 saturated heterocycles. The highest BCUT2D eigenvalue weighted by molar-refractivity contribution is 5.26. The second-order valence-electron chi connectivity index (χ2n) is 4.14. The molecule has 2 N–H and O–H groups in total. The molecule has 14 heavy (non-hydrogen) atoms. The summed E-state index contributed by atoms with van der Waals surface area (Å²) in [6.07, 6.45) is 2.21. The highest BCUT2D eigenvalue weighted by Gasteiger charge is 2.36. The fourth-order valence-electron chi connectivity index (χ4n) is 2.10. The van der Waals surface area contributed by atoms with E-state index in [0.717, 1.165) is 19.4 Å². The molecule has 1 aliphatic rings. The molecular formula is C12H17N2. The van der Waals surface area contributed by atoms with Gasteiger partial charge in [-0.15, -0.1) is 0 Å². The van der Waals surface area contributed by atoms with Crippen LogP contribution in [-0.4, -0.2) is 12.6 Å². The van der Waals surface area contributed by atoms with Crippen LogP contribution in [0.3, 0.4) is 0 Å². The number of hydrogen-bond acceptors (Lipinski definition) is 1. The van der Waals surface area contributed by atoms with Crippen molar-refractivity contribution >= 4 is 0 Å². The monoisotopic (exact) mass is 189 g/mol. The molecule has 2 unspecified atom stereocenters. The lowest BCUT2D eigenvalue weighted by atomic mass is 9.80. The molecule has 1 aromatic carbocycles. The van der Waals surface area contributed by atoms with Gasteiger partial charge in [-0.25, -0.2) is 5.32 Å². The number of nitrogens with zero attached hydrogens (tertiary/aromatic N) is 1. The van der Waals surface area contributed by atoms with Crippen LogP contribution in [0.25, 0.3) is 0 Å². The molecule has 1 aromatic rings. The Labute approximate surface area is 85.5 Å². The molecule has 0 bridgehead atoms. The predicted octanol–water partition coefficient (Wildman–Crippen LogP) is 1.63. The van der Waals surface area contributed by atoms with Crippen molar-refractivity contribution in [2.24, 2.45) is 5.73 Å². The molecule has 0 aromatic heterocycles. The minimum absolute atomic E-state index is 0.165. The quantitative estimate of drug-likeness (QED) is 0.716. The zero-order valence-corrected chi connectivity index (χ0v) is 8.61. The summed E-state index contributed by atoms with van der Waals surface area (Å²) in [6, 6.07) is 10.5. The normalized spacial score (nSPS) is 32.9. The molecule has 2 atom stereocenters. The van der Waals surface area contributed by atoms with Crippen LogP contribution in [0.2, 0.25) is 0 Å². The second kappa shape index (κ2) is 3.71. The van der Waals surface area contributed by atoms with Crippen LogP contribution in [0.5, 0.6) is 0 Å². The first-order chi connectivity index (χ1) is 6.73. The lowest BCUT2D eigenvalue weighted by Crippen LogP contribution is -2.53. The Bertz CT molecular complexity index is 296. The van der Waals surface area contributed by atoms with E-state index in [1.165, 1.54) is 5.56 Å². The van der Waals surface area contributed by atoms with Gasteiger partial charge in [0.2, 0.25) is 0 Å². The molecule has 1 heterocycles. The van der Waals surface area contributed by atoms with E-state index in [9.17, 15) is 0 Å². The van der Waals surface area contributed by atoms with Crippen molar-refractivity contribution < 1.29 is 0 Å². The van der Waals surface area contributed by atoms with Gasteiger partial charge in [0.05, 0.1) is 5.54 Å². The summed E-state index contributed by atoms with van der Waals surface area (Å²) >= 11 is 0. The van der Waals surface area contributed by atoms with Gasteiger partial charge in [0.1, 0.15) is 0 Å². The van der Waals surface area contributed by atoms with E-state index in [1.807, 2.05) is 6.07 Å². The van der Waals surface area contributed by atoms with Crippen LogP contribution >= 0.6 is 0 Å². The van der Waals surface area contributed by atoms with Gasteiger partial charge in [-0.2, -0.15) is 0 Å². The molecule has 0 amide bonds. The minimum atomic E-state index is -0.167. The Morgan fingerprint density at radius 2 is 2.07 bits per heavy atom. The summed E-state index contributed by atoms with van der Waals surface area (Å²) in [6.45, 7) is 3.09. The van der Waals surface area contributed by atoms with E-state index in [0.29, 0.717) is 0 Å². The van der Waals surface area contributed by atoms with Crippen molar-refractivity contribution in [2.75, 3.05) is 6.54 Å². The van der Waals surface area contributed by atoms with Crippen LogP contribution in [0, 0.1) is 0 Å². The zero-order chi connectivity index (χ0) is 10.0. The van der Waals surface area contributed by atoms with Crippen LogP contribution in [0.15, 0.2) is 30.3 Å². The number of benzene rings is 1. The molecule has 1 aliphatic heterocycles. The molecule has 0 aliphatic carbocycles. The van der Waals surface area contributed by atoms with Crippen LogP contribution in [-0.2, 0) is 5.54 Å². The van der Waals surface area contributed by atoms with Gasteiger partial charge in [-0.1, -0.05) is 30.3 Å². The maximum Gasteiger partial charge on any atom is 0.0727 e. The van der Waals surface area contributed by atoms with Crippen LogP contribution < -0.4 is 11.1 Å². The molecule has 0 saturated carbocycles. The number of nitrogens with two attached hydrogens (primary N) is 1. The number of piperidine rings is 1. The van der Waals surface area contributed by atoms with Gasteiger partial charge >= 0.3 is 0 Å². The van der Waals surface area contributed by atoms with Crippen molar-refractivity contribution in [1.82, 2.24) is 5.32 Å². The lowest BCUT2D eigenvalue weighted by Gasteiger charge is -2.39. The SMILES string of the molecule is CC1(c2ccccc2)[N]CCCC1N. The summed E-state index contributed by atoms with van der Waals surface area (Å²) in [5.74, 6) is 0. The van der Waals surface area contributed by atoms with Gasteiger partial charge in [0.25, 0.3) is 0 Å². The van der Waals surface area contributed by atoms with Crippen molar-refractivity contribution in [1.29, 1.82) is 0 Å². The first-order valence-corrected chi connectivity index (χ1v) is 5.23. The van der Waals surface area contributed by atoms with Crippen molar-refractivity contribution in [3.63, 3.8) is 0 Å². The minimum Gasteiger partial charge on any atom is -0.326 e. The summed E-state index contributed by atoms with van der Waals surface area (Å²) in [7, 11) is 0. The summed E-state index contributed by atoms with van der Waals surface area (Å²) in [5.41, 5.74) is 7.23. The standard InChI is InChI=1S/C12H17N2/c1-12(10-6-3-2-4-7-10)11(13)8-5-9-14-12/h2-4,6-7,11H,5,8-9,13H2,1H3. The molecule has 75 valence electrons. The largest absolute Gasteiger partial charge is 0.326 e. The van der Waals surface area contributed by atoms with E-state index in [-0.39, 0.29) is 11.6 Å². The predicted molar refractivity (Wildman–Crippen MR) is 58.0 cm³/mol. The van der Waals surface area contributed by atoms with Crippen molar-refractivity contribution in [2.45, 2.75) is 31.3 Å². The second-order valence-corrected chi connectivity index (χ2v) is 4.14. The topological polar surface area (TPSA) is 40.1 Å². The van der Waals surface area contributed by atoms with Crippen molar-refractivity contribution in [3.8, 4) is 0 Å². The maximum absolute atomic E-state index is 6.15. The molecule has 2 heteroatoms. The van der Waals surface area contributed by atoms with E-state index in [2.05, 4.69) is 36.5 Å². The Kier molecular flexibility index (Phi) is 2.57. The number of hydrogen-bond donors (Lipinski definition) is 1. The Balaban J connectivity index is 2.30. The Morgan fingerprint density at radius 1 is 1.36 bits per heavy atom. The van der Waals surface area contributed by atoms with E-state index in [1.54, 1.807) is 0 Å². The van der Waals surface area contributed by atoms with Crippen molar-refractivity contribution in [3.05, 3.63) is 35.9 Å². The first kappa shape index (κ1) is 9.69. The number of rotatable bonds is 1. The Hall–Kier alpha value is -0.860. The zero-order valence-electron chi connectivity index (χ0n) is 8.61. The Morgan fingerprint density at radius 3 is 2.71 bits per heavy atom. The molecule has 1 fully saturated rings. The van der Waals surface area contributed by atoms with E-state index >= 15 is 0 Å². The smallest absolute Gasteiger partial charge is 0.0727 e. The highest BCUT2D eigenvalue weighted by atomic mass is 15.0. The lowest BCUT2D eigenvalue weighted by molar-refractivity contribution is 0.233. The molecular weight excluding hydrogens is 172 g/mol. The fourth-order valence-corrected chi connectivity index (χ4v) is 2.10. The third kappa shape index (κ3) is 1.56. The van der Waals surface area contributed by atoms with Gasteiger partial charge in [0.15, 0.2) is 0 Å². The molecule has 1 radical (unpaired) electrons. The summed E-state index contributed by atoms with van der Waals surface area (Å²) < 4.78 is 0. The fraction of sp³-hybridized carbons (Fsp3) is 0.500. The average molecular weight is 189 g/mol. The highest BCUT2D eigenvalue weighted by Crippen LogP contribution is 2.29. The third-order valence-corrected chi connectivity index (χ3v) is 3.19. The average Bonchev–Trinajstić information content (AvgIpc) is 2.24. The van der Waals surface area contributed by atoms with E-state index in [4.69, 9.17) is 5.73 Å². The molecule has 0 spiro atoms. The van der Waals surface area contributed by atoms with Gasteiger partial charge in [-0.3, -0.25) is 0 Å². The maximum atomic E-state index is 6.15. The summed E-state index contributed by atoms with van der Waals surface area (Å²) in [4.78, 5) is 0. The van der Waals surface area contributed by atoms with Crippen LogP contribution in [0.1, 0.15) is 25.3 Å². The molecule has 2 rings (SSSR count). The molecule has 2 nitrogen and oxygen atoms in total. The summed E-state index contributed by atoms with van der Waals surface area (Å²) in [5, 5.41) is 4.69. The van der Waals surface area contributed by atoms with Gasteiger partial charge < -0.3 is 5.73 Å². The van der Waals surface area contributed by atoms with Gasteiger partial charge in [0, 0.05) is 12.6 Å². The third-order valence-electron chi connectivity index (χ3n) is 3.19. The van der Waals surface area contributed by atoms with Crippen LogP contribution in [0.4, 0.5) is 0 Å².